The molecule has 226 valence electrons. The van der Waals surface area contributed by atoms with Crippen molar-refractivity contribution in [1.29, 1.82) is 0 Å². The minimum atomic E-state index is -3.14. The van der Waals surface area contributed by atoms with Gasteiger partial charge in [-0.1, -0.05) is 180 Å². The minimum Gasteiger partial charge on any atom is -0.309 e. The van der Waals surface area contributed by atoms with Gasteiger partial charge in [-0.15, -0.1) is 0 Å². The lowest BCUT2D eigenvalue weighted by molar-refractivity contribution is 0.592. The summed E-state index contributed by atoms with van der Waals surface area (Å²) in [6.45, 7) is 0. The molecule has 0 heterocycles. The standard InChI is InChI=1S/C43H33O2P2/c44-46(38-20-10-3-11-21-38)39-30-26-36(27-31-39)43(34-16-6-1-7-17-34,35-18-8-2-9-19-35)37-28-32-42(33-29-37)47(45,40-22-12-4-13-23-40)41-24-14-5-15-25-41/h1-33H/q+1. The highest BCUT2D eigenvalue weighted by molar-refractivity contribution is 7.85. The molecule has 0 aromatic heterocycles. The monoisotopic (exact) mass is 643 g/mol. The molecule has 0 aliphatic carbocycles. The van der Waals surface area contributed by atoms with Gasteiger partial charge in [0.25, 0.3) is 0 Å². The van der Waals surface area contributed by atoms with Crippen LogP contribution in [0.15, 0.2) is 200 Å². The van der Waals surface area contributed by atoms with E-state index in [1.54, 1.807) is 0 Å². The van der Waals surface area contributed by atoms with Crippen LogP contribution in [0.4, 0.5) is 0 Å². The van der Waals surface area contributed by atoms with E-state index in [-0.39, 0.29) is 0 Å². The first-order valence-corrected chi connectivity index (χ1v) is 18.6. The SMILES string of the molecule is O=[P+](c1ccccc1)c1ccc(C(c2ccccc2)(c2ccccc2)c2ccc(P(=O)(c3ccccc3)c3ccccc3)cc2)cc1. The molecule has 0 saturated heterocycles. The zero-order chi connectivity index (χ0) is 32.1. The highest BCUT2D eigenvalue weighted by atomic mass is 31.2. The fraction of sp³-hybridized carbons (Fsp3) is 0.0233. The Morgan fingerprint density at radius 1 is 0.340 bits per heavy atom. The zero-order valence-corrected chi connectivity index (χ0v) is 27.6. The van der Waals surface area contributed by atoms with Gasteiger partial charge in [0.1, 0.15) is 0 Å². The van der Waals surface area contributed by atoms with Crippen LogP contribution in [0.1, 0.15) is 22.3 Å². The second-order valence-electron chi connectivity index (χ2n) is 11.5. The molecule has 0 aliphatic rings. The Morgan fingerprint density at radius 2 is 0.638 bits per heavy atom. The van der Waals surface area contributed by atoms with Crippen LogP contribution in [0.2, 0.25) is 0 Å². The van der Waals surface area contributed by atoms with Crippen molar-refractivity contribution < 1.29 is 9.13 Å². The van der Waals surface area contributed by atoms with E-state index < -0.39 is 20.4 Å². The van der Waals surface area contributed by atoms with Crippen molar-refractivity contribution >= 4 is 41.5 Å². The summed E-state index contributed by atoms with van der Waals surface area (Å²) < 4.78 is 28.7. The van der Waals surface area contributed by atoms with Gasteiger partial charge in [-0.05, 0) is 46.5 Å². The summed E-state index contributed by atoms with van der Waals surface area (Å²) in [4.78, 5) is 0. The molecule has 0 amide bonds. The molecule has 0 bridgehead atoms. The zero-order valence-electron chi connectivity index (χ0n) is 25.8. The van der Waals surface area contributed by atoms with Crippen LogP contribution in [0.5, 0.6) is 0 Å². The van der Waals surface area contributed by atoms with E-state index in [9.17, 15) is 4.57 Å². The van der Waals surface area contributed by atoms with Crippen LogP contribution < -0.4 is 26.5 Å². The lowest BCUT2D eigenvalue weighted by Gasteiger charge is -2.37. The first-order chi connectivity index (χ1) is 23.1. The van der Waals surface area contributed by atoms with Crippen molar-refractivity contribution in [2.45, 2.75) is 5.41 Å². The molecule has 4 heteroatoms. The molecule has 0 fully saturated rings. The normalized spacial score (nSPS) is 12.0. The summed E-state index contributed by atoms with van der Waals surface area (Å²) in [5.74, 6) is 0. The third-order valence-corrected chi connectivity index (χ3v) is 13.5. The lowest BCUT2D eigenvalue weighted by atomic mass is 9.65. The Bertz CT molecular complexity index is 2050. The van der Waals surface area contributed by atoms with Crippen molar-refractivity contribution in [3.05, 3.63) is 222 Å². The highest BCUT2D eigenvalue weighted by Crippen LogP contribution is 2.47. The van der Waals surface area contributed by atoms with Gasteiger partial charge in [-0.25, -0.2) is 0 Å². The molecule has 0 N–H and O–H groups in total. The second-order valence-corrected chi connectivity index (χ2v) is 15.9. The molecule has 47 heavy (non-hydrogen) atoms. The van der Waals surface area contributed by atoms with Crippen LogP contribution in [0.3, 0.4) is 0 Å². The van der Waals surface area contributed by atoms with Gasteiger partial charge in [0.2, 0.25) is 0 Å². The van der Waals surface area contributed by atoms with Crippen molar-refractivity contribution in [3.63, 3.8) is 0 Å². The largest absolute Gasteiger partial charge is 0.415 e. The quantitative estimate of drug-likeness (QED) is 0.117. The van der Waals surface area contributed by atoms with Crippen LogP contribution in [0, 0.1) is 0 Å². The predicted octanol–water partition coefficient (Wildman–Crippen LogP) is 8.49. The molecule has 1 atom stereocenters. The molecule has 7 aromatic rings. The summed E-state index contributed by atoms with van der Waals surface area (Å²) in [7, 11) is -4.87. The predicted molar refractivity (Wildman–Crippen MR) is 197 cm³/mol. The third kappa shape index (κ3) is 5.61. The molecular formula is C43H33O2P2+. The fourth-order valence-electron chi connectivity index (χ4n) is 6.58. The van der Waals surface area contributed by atoms with Gasteiger partial charge in [0, 0.05) is 15.9 Å². The Labute approximate surface area is 277 Å². The van der Waals surface area contributed by atoms with Gasteiger partial charge >= 0.3 is 7.80 Å². The van der Waals surface area contributed by atoms with E-state index in [1.165, 1.54) is 0 Å². The first-order valence-electron chi connectivity index (χ1n) is 15.7. The number of rotatable bonds is 9. The van der Waals surface area contributed by atoms with Crippen molar-refractivity contribution in [1.82, 2.24) is 0 Å². The van der Waals surface area contributed by atoms with Crippen LogP contribution in [0.25, 0.3) is 0 Å². The van der Waals surface area contributed by atoms with Gasteiger partial charge in [-0.3, -0.25) is 0 Å². The van der Waals surface area contributed by atoms with Gasteiger partial charge in [-0.2, -0.15) is 0 Å². The Morgan fingerprint density at radius 3 is 1.06 bits per heavy atom. The Hall–Kier alpha value is -5.13. The summed E-state index contributed by atoms with van der Waals surface area (Å²) in [5, 5.41) is 3.99. The van der Waals surface area contributed by atoms with Crippen LogP contribution >= 0.6 is 14.9 Å². The van der Waals surface area contributed by atoms with Gasteiger partial charge in [0.05, 0.1) is 5.41 Å². The average molecular weight is 644 g/mol. The minimum absolute atomic E-state index is 0.693. The Kier molecular flexibility index (Phi) is 8.64. The van der Waals surface area contributed by atoms with Crippen LogP contribution in [-0.2, 0) is 14.5 Å². The van der Waals surface area contributed by atoms with Crippen molar-refractivity contribution in [3.8, 4) is 0 Å². The van der Waals surface area contributed by atoms with Crippen molar-refractivity contribution in [2.24, 2.45) is 0 Å². The van der Waals surface area contributed by atoms with E-state index in [2.05, 4.69) is 72.8 Å². The number of benzene rings is 7. The van der Waals surface area contributed by atoms with E-state index in [0.717, 1.165) is 48.8 Å². The number of hydrogen-bond acceptors (Lipinski definition) is 2. The molecule has 0 radical (unpaired) electrons. The van der Waals surface area contributed by atoms with Gasteiger partial charge < -0.3 is 4.57 Å². The topological polar surface area (TPSA) is 34.1 Å². The van der Waals surface area contributed by atoms with Gasteiger partial charge in [0.15, 0.2) is 17.8 Å². The molecule has 7 aromatic carbocycles. The van der Waals surface area contributed by atoms with E-state index >= 15 is 4.57 Å². The summed E-state index contributed by atoms with van der Waals surface area (Å²) >= 11 is 0. The average Bonchev–Trinajstić information content (AvgIpc) is 3.17. The Balaban J connectivity index is 1.42. The molecule has 7 rings (SSSR count). The van der Waals surface area contributed by atoms with Crippen molar-refractivity contribution in [2.75, 3.05) is 0 Å². The number of hydrogen-bond donors (Lipinski definition) is 0. The second kappa shape index (κ2) is 13.3. The van der Waals surface area contributed by atoms with E-state index in [1.807, 2.05) is 127 Å². The maximum atomic E-state index is 15.2. The maximum absolute atomic E-state index is 15.2. The molecule has 2 nitrogen and oxygen atoms in total. The highest BCUT2D eigenvalue weighted by Gasteiger charge is 2.39. The third-order valence-electron chi connectivity index (χ3n) is 8.84. The van der Waals surface area contributed by atoms with Crippen LogP contribution in [-0.4, -0.2) is 0 Å². The lowest BCUT2D eigenvalue weighted by Crippen LogP contribution is -2.32. The smallest absolute Gasteiger partial charge is 0.309 e. The van der Waals surface area contributed by atoms with E-state index in [4.69, 9.17) is 0 Å². The maximum Gasteiger partial charge on any atom is 0.415 e. The summed E-state index contributed by atoms with van der Waals surface area (Å²) in [5.41, 5.74) is 3.62. The fourth-order valence-corrected chi connectivity index (χ4v) is 10.4. The summed E-state index contributed by atoms with van der Waals surface area (Å²) in [6, 6.07) is 66.7. The molecule has 0 aliphatic heterocycles. The molecule has 0 spiro atoms. The summed E-state index contributed by atoms with van der Waals surface area (Å²) in [6.07, 6.45) is 0. The molecule has 0 saturated carbocycles. The first kappa shape index (κ1) is 30.5. The molecular weight excluding hydrogens is 610 g/mol. The molecule has 1 unspecified atom stereocenters. The van der Waals surface area contributed by atoms with E-state index in [0.29, 0.717) is 0 Å².